The van der Waals surface area contributed by atoms with Gasteiger partial charge in [-0.3, -0.25) is 20.5 Å². The highest BCUT2D eigenvalue weighted by Gasteiger charge is 2.54. The molecule has 0 radical (unpaired) electrons. The molecule has 1 aromatic carbocycles. The number of hydrogen-bond donors (Lipinski definition) is 3. The SMILES string of the molecule is COC(=N)/C=C\C(=N)NC(=O)CCN1CC2(CCC(c3ccccc3)(N(C)C)CC2)N(CC2CCC2)C1=O. The first-order valence-corrected chi connectivity index (χ1v) is 13.7. The van der Waals surface area contributed by atoms with Crippen LogP contribution in [0.25, 0.3) is 0 Å². The molecule has 1 spiro atoms. The van der Waals surface area contributed by atoms with Crippen LogP contribution in [0.2, 0.25) is 0 Å². The minimum Gasteiger partial charge on any atom is -0.481 e. The average Bonchev–Trinajstić information content (AvgIpc) is 3.14. The molecule has 3 amide bonds. The van der Waals surface area contributed by atoms with E-state index < -0.39 is 0 Å². The van der Waals surface area contributed by atoms with Gasteiger partial charge in [-0.1, -0.05) is 36.8 Å². The fourth-order valence-electron chi connectivity index (χ4n) is 6.28. The van der Waals surface area contributed by atoms with Gasteiger partial charge in [-0.05, 0) is 70.2 Å². The lowest BCUT2D eigenvalue weighted by Crippen LogP contribution is -2.56. The maximum atomic E-state index is 13.7. The van der Waals surface area contributed by atoms with E-state index in [9.17, 15) is 9.59 Å². The van der Waals surface area contributed by atoms with Gasteiger partial charge in [0.05, 0.1) is 12.6 Å². The predicted molar refractivity (Wildman–Crippen MR) is 148 cm³/mol. The zero-order chi connectivity index (χ0) is 27.3. The Morgan fingerprint density at radius 1 is 1.13 bits per heavy atom. The van der Waals surface area contributed by atoms with Crippen molar-refractivity contribution in [2.24, 2.45) is 5.92 Å². The Hall–Kier alpha value is -3.20. The largest absolute Gasteiger partial charge is 0.481 e. The summed E-state index contributed by atoms with van der Waals surface area (Å²) in [7, 11) is 5.69. The summed E-state index contributed by atoms with van der Waals surface area (Å²) in [5.74, 6) is 0.0523. The molecule has 38 heavy (non-hydrogen) atoms. The van der Waals surface area contributed by atoms with E-state index in [0.29, 0.717) is 19.0 Å². The number of amides is 3. The number of nitrogens with one attached hydrogen (secondary N) is 3. The molecule has 206 valence electrons. The van der Waals surface area contributed by atoms with Crippen LogP contribution >= 0.6 is 0 Å². The van der Waals surface area contributed by atoms with Gasteiger partial charge in [0.2, 0.25) is 11.8 Å². The van der Waals surface area contributed by atoms with E-state index in [1.54, 1.807) is 0 Å². The summed E-state index contributed by atoms with van der Waals surface area (Å²) < 4.78 is 4.72. The molecule has 9 heteroatoms. The van der Waals surface area contributed by atoms with E-state index in [4.69, 9.17) is 15.6 Å². The highest BCUT2D eigenvalue weighted by atomic mass is 16.5. The molecule has 1 aliphatic heterocycles. The minimum absolute atomic E-state index is 0.0436. The molecule has 2 aliphatic carbocycles. The summed E-state index contributed by atoms with van der Waals surface area (Å²) in [5.41, 5.74) is 1.09. The summed E-state index contributed by atoms with van der Waals surface area (Å²) in [6.07, 6.45) is 10.2. The number of methoxy groups -OCH3 is 1. The van der Waals surface area contributed by atoms with Crippen LogP contribution in [0.1, 0.15) is 56.9 Å². The van der Waals surface area contributed by atoms with Gasteiger partial charge < -0.3 is 19.9 Å². The number of hydrogen-bond acceptors (Lipinski definition) is 6. The van der Waals surface area contributed by atoms with E-state index in [1.807, 2.05) is 4.90 Å². The second-order valence-electron chi connectivity index (χ2n) is 11.2. The molecule has 1 heterocycles. The quantitative estimate of drug-likeness (QED) is 0.337. The number of urea groups is 1. The second kappa shape index (κ2) is 11.7. The molecule has 1 aromatic rings. The van der Waals surface area contributed by atoms with Gasteiger partial charge in [-0.15, -0.1) is 0 Å². The molecule has 1 saturated heterocycles. The van der Waals surface area contributed by atoms with Gasteiger partial charge in [-0.25, -0.2) is 4.79 Å². The molecular weight excluding hydrogens is 480 g/mol. The van der Waals surface area contributed by atoms with Gasteiger partial charge >= 0.3 is 6.03 Å². The van der Waals surface area contributed by atoms with E-state index in [1.165, 1.54) is 44.1 Å². The van der Waals surface area contributed by atoms with Crippen LogP contribution in [0.3, 0.4) is 0 Å². The Labute approximate surface area is 226 Å². The molecule has 0 atom stereocenters. The Kier molecular flexibility index (Phi) is 8.55. The number of amidine groups is 1. The summed E-state index contributed by atoms with van der Waals surface area (Å²) in [4.78, 5) is 32.5. The zero-order valence-electron chi connectivity index (χ0n) is 23.0. The van der Waals surface area contributed by atoms with Crippen LogP contribution < -0.4 is 5.32 Å². The van der Waals surface area contributed by atoms with E-state index in [-0.39, 0.29) is 41.2 Å². The predicted octanol–water partition coefficient (Wildman–Crippen LogP) is 3.96. The molecule has 3 N–H and O–H groups in total. The molecule has 9 nitrogen and oxygen atoms in total. The summed E-state index contributed by atoms with van der Waals surface area (Å²) in [5, 5.41) is 17.8. The van der Waals surface area contributed by atoms with Gasteiger partial charge in [0.1, 0.15) is 5.84 Å². The lowest BCUT2D eigenvalue weighted by atomic mass is 9.68. The number of nitrogens with zero attached hydrogens (tertiary/aromatic N) is 3. The van der Waals surface area contributed by atoms with Crippen molar-refractivity contribution in [1.29, 1.82) is 10.8 Å². The number of ether oxygens (including phenoxy) is 1. The van der Waals surface area contributed by atoms with Gasteiger partial charge in [0.15, 0.2) is 0 Å². The standard InChI is InChI=1S/C29H42N6O3/c1-33(2)29(23-10-5-4-6-11-23)17-15-28(16-18-29)21-34(27(37)35(28)20-22-8-7-9-22)19-14-26(36)32-24(30)12-13-25(31)38-3/h4-6,10-13,22,31H,7-9,14-21H2,1-3H3,(H2,30,32,36)/b13-12-,31-25?. The zero-order valence-corrected chi connectivity index (χ0v) is 23.0. The Morgan fingerprint density at radius 3 is 2.39 bits per heavy atom. The first kappa shape index (κ1) is 27.8. The summed E-state index contributed by atoms with van der Waals surface area (Å²) in [6.45, 7) is 1.78. The Balaban J connectivity index is 1.43. The molecular formula is C29H42N6O3. The van der Waals surface area contributed by atoms with Crippen LogP contribution in [-0.2, 0) is 15.1 Å². The second-order valence-corrected chi connectivity index (χ2v) is 11.2. The highest BCUT2D eigenvalue weighted by molar-refractivity contribution is 6.05. The molecule has 3 fully saturated rings. The van der Waals surface area contributed by atoms with Gasteiger partial charge in [0, 0.05) is 37.7 Å². The number of carbonyl (C=O) groups is 2. The van der Waals surface area contributed by atoms with Crippen molar-refractivity contribution in [3.8, 4) is 0 Å². The van der Waals surface area contributed by atoms with Gasteiger partial charge in [-0.2, -0.15) is 0 Å². The maximum Gasteiger partial charge on any atom is 0.320 e. The van der Waals surface area contributed by atoms with Crippen LogP contribution in [0.4, 0.5) is 4.79 Å². The molecule has 0 bridgehead atoms. The Morgan fingerprint density at radius 2 is 1.82 bits per heavy atom. The van der Waals surface area contributed by atoms with Crippen LogP contribution in [0.15, 0.2) is 42.5 Å². The van der Waals surface area contributed by atoms with Crippen molar-refractivity contribution in [3.05, 3.63) is 48.0 Å². The van der Waals surface area contributed by atoms with E-state index in [2.05, 4.69) is 59.5 Å². The molecule has 4 rings (SSSR count). The minimum atomic E-state index is -0.317. The van der Waals surface area contributed by atoms with Crippen molar-refractivity contribution in [2.45, 2.75) is 62.4 Å². The van der Waals surface area contributed by atoms with Crippen molar-refractivity contribution in [2.75, 3.05) is 40.8 Å². The van der Waals surface area contributed by atoms with Crippen molar-refractivity contribution < 1.29 is 14.3 Å². The number of carbonyl (C=O) groups excluding carboxylic acids is 2. The Bertz CT molecular complexity index is 1060. The fourth-order valence-corrected chi connectivity index (χ4v) is 6.28. The van der Waals surface area contributed by atoms with Crippen molar-refractivity contribution in [1.82, 2.24) is 20.0 Å². The third-order valence-electron chi connectivity index (χ3n) is 8.90. The average molecular weight is 523 g/mol. The van der Waals surface area contributed by atoms with Gasteiger partial charge in [0.25, 0.3) is 0 Å². The lowest BCUT2D eigenvalue weighted by Gasteiger charge is -2.51. The lowest BCUT2D eigenvalue weighted by molar-refractivity contribution is -0.119. The van der Waals surface area contributed by atoms with Crippen LogP contribution in [0, 0.1) is 16.7 Å². The van der Waals surface area contributed by atoms with E-state index in [0.717, 1.165) is 32.2 Å². The maximum absolute atomic E-state index is 13.7. The first-order valence-electron chi connectivity index (χ1n) is 13.7. The smallest absolute Gasteiger partial charge is 0.320 e. The summed E-state index contributed by atoms with van der Waals surface area (Å²) >= 11 is 0. The molecule has 2 saturated carbocycles. The monoisotopic (exact) mass is 522 g/mol. The highest BCUT2D eigenvalue weighted by Crippen LogP contribution is 2.49. The molecule has 0 unspecified atom stereocenters. The fraction of sp³-hybridized carbons (Fsp3) is 0.586. The third-order valence-corrected chi connectivity index (χ3v) is 8.90. The normalized spacial score (nSPS) is 25.7. The third kappa shape index (κ3) is 5.77. The van der Waals surface area contributed by atoms with Crippen LogP contribution in [0.5, 0.6) is 0 Å². The van der Waals surface area contributed by atoms with Crippen molar-refractivity contribution >= 4 is 23.7 Å². The summed E-state index contributed by atoms with van der Waals surface area (Å²) in [6, 6.07) is 10.8. The first-order chi connectivity index (χ1) is 18.2. The molecule has 0 aromatic heterocycles. The topological polar surface area (TPSA) is 113 Å². The molecule has 3 aliphatic rings. The number of rotatable bonds is 9. The van der Waals surface area contributed by atoms with E-state index >= 15 is 0 Å². The van der Waals surface area contributed by atoms with Crippen molar-refractivity contribution in [3.63, 3.8) is 0 Å². The number of benzene rings is 1. The van der Waals surface area contributed by atoms with Crippen LogP contribution in [-0.4, -0.2) is 84.7 Å².